The van der Waals surface area contributed by atoms with Gasteiger partial charge >= 0.3 is 0 Å². The van der Waals surface area contributed by atoms with Crippen molar-refractivity contribution in [2.75, 3.05) is 30.4 Å². The van der Waals surface area contributed by atoms with Crippen molar-refractivity contribution in [3.8, 4) is 11.3 Å². The minimum absolute atomic E-state index is 0.123. The zero-order valence-electron chi connectivity index (χ0n) is 19.5. The van der Waals surface area contributed by atoms with E-state index < -0.39 is 0 Å². The maximum absolute atomic E-state index is 11.8. The summed E-state index contributed by atoms with van der Waals surface area (Å²) in [6, 6.07) is 15.1. The Morgan fingerprint density at radius 2 is 1.91 bits per heavy atom. The summed E-state index contributed by atoms with van der Waals surface area (Å²) < 4.78 is 2.01. The van der Waals surface area contributed by atoms with Gasteiger partial charge in [-0.05, 0) is 69.8 Å². The SMILES string of the molecule is Cc1cc(Nc2ccc(-c3cc[nH]c(=O)c3)n3ccnc23)ccc1N1CC(C)N(C)CC1C. The van der Waals surface area contributed by atoms with E-state index in [2.05, 4.69) is 71.1 Å². The molecule has 0 aliphatic carbocycles. The number of H-pyrrole nitrogens is 1. The number of nitrogens with zero attached hydrogens (tertiary/aromatic N) is 4. The van der Waals surface area contributed by atoms with Gasteiger partial charge in [-0.25, -0.2) is 4.98 Å². The van der Waals surface area contributed by atoms with E-state index in [0.29, 0.717) is 12.1 Å². The molecular weight excluding hydrogens is 412 g/mol. The Kier molecular flexibility index (Phi) is 5.42. The molecule has 4 heterocycles. The summed E-state index contributed by atoms with van der Waals surface area (Å²) in [5.41, 5.74) is 6.96. The molecule has 5 rings (SSSR count). The molecule has 0 radical (unpaired) electrons. The summed E-state index contributed by atoms with van der Waals surface area (Å²) in [6.07, 6.45) is 5.36. The van der Waals surface area contributed by atoms with Crippen LogP contribution in [-0.4, -0.2) is 51.5 Å². The molecule has 3 aromatic heterocycles. The topological polar surface area (TPSA) is 68.7 Å². The molecule has 2 N–H and O–H groups in total. The summed E-state index contributed by atoms with van der Waals surface area (Å²) >= 11 is 0. The van der Waals surface area contributed by atoms with E-state index in [-0.39, 0.29) is 5.56 Å². The molecule has 0 saturated carbocycles. The number of nitrogens with one attached hydrogen (secondary N) is 2. The predicted octanol–water partition coefficient (Wildman–Crippen LogP) is 4.27. The first-order valence-electron chi connectivity index (χ1n) is 11.4. The van der Waals surface area contributed by atoms with Crippen LogP contribution in [0.25, 0.3) is 16.9 Å². The lowest BCUT2D eigenvalue weighted by atomic mass is 10.1. The van der Waals surface area contributed by atoms with Crippen molar-refractivity contribution in [2.24, 2.45) is 0 Å². The van der Waals surface area contributed by atoms with Crippen LogP contribution in [0, 0.1) is 6.92 Å². The fraction of sp³-hybridized carbons (Fsp3) is 0.308. The van der Waals surface area contributed by atoms with Gasteiger partial charge in [0.25, 0.3) is 0 Å². The Labute approximate surface area is 193 Å². The molecule has 0 spiro atoms. The van der Waals surface area contributed by atoms with Gasteiger partial charge in [-0.3, -0.25) is 14.1 Å². The second kappa shape index (κ2) is 8.41. The van der Waals surface area contributed by atoms with Crippen molar-refractivity contribution in [3.63, 3.8) is 0 Å². The lowest BCUT2D eigenvalue weighted by Gasteiger charge is -2.44. The summed E-state index contributed by atoms with van der Waals surface area (Å²) in [4.78, 5) is 24.0. The van der Waals surface area contributed by atoms with Crippen LogP contribution in [0.3, 0.4) is 0 Å². The molecule has 1 aliphatic rings. The smallest absolute Gasteiger partial charge is 0.248 e. The number of likely N-dealkylation sites (N-methyl/N-ethyl adjacent to an activating group) is 1. The van der Waals surface area contributed by atoms with Crippen molar-refractivity contribution >= 4 is 22.7 Å². The average molecular weight is 443 g/mol. The number of rotatable bonds is 4. The number of piperazine rings is 1. The largest absolute Gasteiger partial charge is 0.366 e. The van der Waals surface area contributed by atoms with Crippen LogP contribution in [-0.2, 0) is 0 Å². The molecule has 33 heavy (non-hydrogen) atoms. The maximum Gasteiger partial charge on any atom is 0.248 e. The number of pyridine rings is 2. The molecule has 0 bridgehead atoms. The molecule has 1 aromatic carbocycles. The molecule has 1 saturated heterocycles. The van der Waals surface area contributed by atoms with E-state index in [1.807, 2.05) is 28.8 Å². The highest BCUT2D eigenvalue weighted by Crippen LogP contribution is 2.31. The third kappa shape index (κ3) is 4.00. The van der Waals surface area contributed by atoms with Crippen molar-refractivity contribution in [1.82, 2.24) is 19.3 Å². The number of anilines is 3. The number of aromatic amines is 1. The van der Waals surface area contributed by atoms with E-state index in [0.717, 1.165) is 41.4 Å². The quantitative estimate of drug-likeness (QED) is 0.494. The Hall–Kier alpha value is -3.58. The number of aromatic nitrogens is 3. The van der Waals surface area contributed by atoms with Crippen molar-refractivity contribution in [1.29, 1.82) is 0 Å². The second-order valence-corrected chi connectivity index (χ2v) is 9.11. The van der Waals surface area contributed by atoms with Gasteiger partial charge in [0.05, 0.1) is 11.4 Å². The molecule has 7 nitrogen and oxygen atoms in total. The maximum atomic E-state index is 11.8. The first-order valence-corrected chi connectivity index (χ1v) is 11.4. The fourth-order valence-corrected chi connectivity index (χ4v) is 4.80. The standard InChI is InChI=1S/C26H30N6O/c1-17-13-21(5-7-23(17)32-16-18(2)30(4)15-19(32)3)29-22-6-8-24(31-12-11-28-26(22)31)20-9-10-27-25(33)14-20/h5-14,18-19,29H,15-16H2,1-4H3,(H,27,33). The van der Waals surface area contributed by atoms with Crippen LogP contribution in [0.2, 0.25) is 0 Å². The Morgan fingerprint density at radius 3 is 2.70 bits per heavy atom. The molecule has 1 fully saturated rings. The zero-order chi connectivity index (χ0) is 23.1. The third-order valence-electron chi connectivity index (χ3n) is 6.70. The van der Waals surface area contributed by atoms with Crippen molar-refractivity contribution < 1.29 is 0 Å². The molecule has 2 atom stereocenters. The predicted molar refractivity (Wildman–Crippen MR) is 135 cm³/mol. The number of aryl methyl sites for hydroxylation is 1. The van der Waals surface area contributed by atoms with Gasteiger partial charge < -0.3 is 15.2 Å². The summed E-state index contributed by atoms with van der Waals surface area (Å²) in [5, 5.41) is 3.54. The molecule has 2 unspecified atom stereocenters. The van der Waals surface area contributed by atoms with Crippen LogP contribution in [0.1, 0.15) is 19.4 Å². The van der Waals surface area contributed by atoms with Gasteiger partial charge in [0, 0.05) is 66.8 Å². The Morgan fingerprint density at radius 1 is 1.06 bits per heavy atom. The van der Waals surface area contributed by atoms with Gasteiger partial charge in [-0.1, -0.05) is 0 Å². The minimum atomic E-state index is -0.123. The average Bonchev–Trinajstić information content (AvgIpc) is 3.27. The van der Waals surface area contributed by atoms with Crippen LogP contribution >= 0.6 is 0 Å². The molecule has 1 aliphatic heterocycles. The van der Waals surface area contributed by atoms with E-state index >= 15 is 0 Å². The van der Waals surface area contributed by atoms with E-state index in [1.165, 1.54) is 11.3 Å². The highest BCUT2D eigenvalue weighted by molar-refractivity contribution is 5.78. The number of benzene rings is 1. The lowest BCUT2D eigenvalue weighted by molar-refractivity contribution is 0.205. The third-order valence-corrected chi connectivity index (χ3v) is 6.70. The lowest BCUT2D eigenvalue weighted by Crippen LogP contribution is -2.55. The van der Waals surface area contributed by atoms with E-state index in [4.69, 9.17) is 0 Å². The first kappa shape index (κ1) is 21.3. The van der Waals surface area contributed by atoms with Gasteiger partial charge in [-0.2, -0.15) is 0 Å². The van der Waals surface area contributed by atoms with Crippen LogP contribution in [0.5, 0.6) is 0 Å². The number of imidazole rings is 1. The summed E-state index contributed by atoms with van der Waals surface area (Å²) in [5.74, 6) is 0. The molecular formula is C26H30N6O. The Bertz CT molecular complexity index is 1360. The monoisotopic (exact) mass is 442 g/mol. The molecule has 7 heteroatoms. The first-order chi connectivity index (χ1) is 15.9. The highest BCUT2D eigenvalue weighted by Gasteiger charge is 2.27. The number of hydrogen-bond acceptors (Lipinski definition) is 5. The van der Waals surface area contributed by atoms with Crippen LogP contribution in [0.15, 0.2) is 65.8 Å². The molecule has 170 valence electrons. The van der Waals surface area contributed by atoms with E-state index in [1.54, 1.807) is 18.5 Å². The van der Waals surface area contributed by atoms with Gasteiger partial charge in [0.2, 0.25) is 5.56 Å². The van der Waals surface area contributed by atoms with Crippen LogP contribution < -0.4 is 15.8 Å². The summed E-state index contributed by atoms with van der Waals surface area (Å²) in [6.45, 7) is 8.86. The minimum Gasteiger partial charge on any atom is -0.366 e. The zero-order valence-corrected chi connectivity index (χ0v) is 19.5. The molecule has 4 aromatic rings. The van der Waals surface area contributed by atoms with Crippen molar-refractivity contribution in [2.45, 2.75) is 32.9 Å². The normalized spacial score (nSPS) is 19.2. The molecule has 0 amide bonds. The van der Waals surface area contributed by atoms with Crippen molar-refractivity contribution in [3.05, 3.63) is 77.0 Å². The van der Waals surface area contributed by atoms with Gasteiger partial charge in [0.1, 0.15) is 0 Å². The van der Waals surface area contributed by atoms with Gasteiger partial charge in [0.15, 0.2) is 5.65 Å². The van der Waals surface area contributed by atoms with Gasteiger partial charge in [-0.15, -0.1) is 0 Å². The van der Waals surface area contributed by atoms with E-state index in [9.17, 15) is 4.79 Å². The summed E-state index contributed by atoms with van der Waals surface area (Å²) in [7, 11) is 2.20. The number of fused-ring (bicyclic) bond motifs is 1. The highest BCUT2D eigenvalue weighted by atomic mass is 16.1. The Balaban J connectivity index is 1.44. The second-order valence-electron chi connectivity index (χ2n) is 9.11. The number of hydrogen-bond donors (Lipinski definition) is 2. The fourth-order valence-electron chi connectivity index (χ4n) is 4.80. The van der Waals surface area contributed by atoms with Crippen LogP contribution in [0.4, 0.5) is 17.1 Å².